The third kappa shape index (κ3) is 2.94. The average Bonchev–Trinajstić information content (AvgIpc) is 2.28. The van der Waals surface area contributed by atoms with E-state index in [1.165, 1.54) is 6.07 Å². The van der Waals surface area contributed by atoms with E-state index in [9.17, 15) is 8.42 Å². The summed E-state index contributed by atoms with van der Waals surface area (Å²) in [5.74, 6) is 0. The Hall–Kier alpha value is -1.28. The second kappa shape index (κ2) is 5.15. The average molecular weight is 374 g/mol. The maximum absolute atomic E-state index is 12.1. The SMILES string of the molecule is Nc1ccccc1S(=O)(=O)Nc1cccc(I)c1. The third-order valence-corrected chi connectivity index (χ3v) is 4.41. The van der Waals surface area contributed by atoms with Gasteiger partial charge in [0, 0.05) is 9.26 Å². The van der Waals surface area contributed by atoms with Gasteiger partial charge < -0.3 is 5.73 Å². The smallest absolute Gasteiger partial charge is 0.263 e. The van der Waals surface area contributed by atoms with Crippen molar-refractivity contribution in [1.29, 1.82) is 0 Å². The van der Waals surface area contributed by atoms with Gasteiger partial charge in [-0.05, 0) is 52.9 Å². The lowest BCUT2D eigenvalue weighted by Gasteiger charge is -2.10. The van der Waals surface area contributed by atoms with Crippen LogP contribution < -0.4 is 10.5 Å². The Morgan fingerprint density at radius 2 is 1.78 bits per heavy atom. The Balaban J connectivity index is 2.37. The van der Waals surface area contributed by atoms with Crippen molar-refractivity contribution in [1.82, 2.24) is 0 Å². The molecule has 2 aromatic carbocycles. The van der Waals surface area contributed by atoms with Crippen LogP contribution in [-0.4, -0.2) is 8.42 Å². The van der Waals surface area contributed by atoms with E-state index in [0.29, 0.717) is 5.69 Å². The molecule has 0 fully saturated rings. The number of sulfonamides is 1. The summed E-state index contributed by atoms with van der Waals surface area (Å²) in [6.07, 6.45) is 0. The van der Waals surface area contributed by atoms with Crippen LogP contribution in [-0.2, 0) is 10.0 Å². The Morgan fingerprint density at radius 1 is 1.06 bits per heavy atom. The maximum atomic E-state index is 12.1. The quantitative estimate of drug-likeness (QED) is 0.641. The molecule has 0 heterocycles. The van der Waals surface area contributed by atoms with Gasteiger partial charge in [-0.1, -0.05) is 18.2 Å². The normalized spacial score (nSPS) is 11.2. The van der Waals surface area contributed by atoms with Crippen LogP contribution in [0.25, 0.3) is 0 Å². The van der Waals surface area contributed by atoms with E-state index in [1.807, 2.05) is 6.07 Å². The lowest BCUT2D eigenvalue weighted by Crippen LogP contribution is -2.14. The highest BCUT2D eigenvalue weighted by molar-refractivity contribution is 14.1. The Labute approximate surface area is 119 Å². The number of anilines is 2. The van der Waals surface area contributed by atoms with Crippen LogP contribution >= 0.6 is 22.6 Å². The van der Waals surface area contributed by atoms with Crippen molar-refractivity contribution < 1.29 is 8.42 Å². The lowest BCUT2D eigenvalue weighted by molar-refractivity contribution is 0.601. The van der Waals surface area contributed by atoms with E-state index in [1.54, 1.807) is 36.4 Å². The van der Waals surface area contributed by atoms with E-state index in [4.69, 9.17) is 5.73 Å². The molecule has 0 aliphatic carbocycles. The molecule has 0 aliphatic heterocycles. The molecule has 0 bridgehead atoms. The lowest BCUT2D eigenvalue weighted by atomic mass is 10.3. The molecule has 3 N–H and O–H groups in total. The number of para-hydroxylation sites is 1. The van der Waals surface area contributed by atoms with Crippen LogP contribution in [0.3, 0.4) is 0 Å². The number of benzene rings is 2. The van der Waals surface area contributed by atoms with Crippen molar-refractivity contribution in [2.75, 3.05) is 10.5 Å². The van der Waals surface area contributed by atoms with Crippen molar-refractivity contribution >= 4 is 44.0 Å². The number of nitrogens with one attached hydrogen (secondary N) is 1. The predicted octanol–water partition coefficient (Wildman–Crippen LogP) is 2.67. The van der Waals surface area contributed by atoms with E-state index in [0.717, 1.165) is 3.57 Å². The number of hydrogen-bond donors (Lipinski definition) is 2. The Morgan fingerprint density at radius 3 is 2.44 bits per heavy atom. The van der Waals surface area contributed by atoms with Gasteiger partial charge in [0.25, 0.3) is 10.0 Å². The largest absolute Gasteiger partial charge is 0.398 e. The number of halogens is 1. The van der Waals surface area contributed by atoms with Crippen LogP contribution in [0.5, 0.6) is 0 Å². The molecule has 6 heteroatoms. The topological polar surface area (TPSA) is 72.2 Å². The Bertz CT molecular complexity index is 671. The fourth-order valence-electron chi connectivity index (χ4n) is 1.49. The number of nitrogen functional groups attached to an aromatic ring is 1. The standard InChI is InChI=1S/C12H11IN2O2S/c13-9-4-3-5-10(8-9)15-18(16,17)12-7-2-1-6-11(12)14/h1-8,15H,14H2. The van der Waals surface area contributed by atoms with Crippen LogP contribution in [0.2, 0.25) is 0 Å². The zero-order valence-corrected chi connectivity index (χ0v) is 12.3. The molecule has 2 rings (SSSR count). The first-order chi connectivity index (χ1) is 8.49. The van der Waals surface area contributed by atoms with Gasteiger partial charge in [0.15, 0.2) is 0 Å². The summed E-state index contributed by atoms with van der Waals surface area (Å²) >= 11 is 2.12. The first kappa shape index (κ1) is 13.2. The molecule has 0 aromatic heterocycles. The summed E-state index contributed by atoms with van der Waals surface area (Å²) < 4.78 is 27.7. The van der Waals surface area contributed by atoms with Gasteiger partial charge in [-0.25, -0.2) is 8.42 Å². The molecule has 0 saturated heterocycles. The van der Waals surface area contributed by atoms with Crippen LogP contribution in [0.4, 0.5) is 11.4 Å². The molecule has 0 aliphatic rings. The van der Waals surface area contributed by atoms with Crippen molar-refractivity contribution in [2.45, 2.75) is 4.90 Å². The molecule has 0 spiro atoms. The first-order valence-electron chi connectivity index (χ1n) is 5.12. The zero-order valence-electron chi connectivity index (χ0n) is 9.30. The monoisotopic (exact) mass is 374 g/mol. The van der Waals surface area contributed by atoms with Gasteiger partial charge in [0.05, 0.1) is 5.69 Å². The van der Waals surface area contributed by atoms with E-state index in [-0.39, 0.29) is 10.6 Å². The molecule has 0 unspecified atom stereocenters. The van der Waals surface area contributed by atoms with Gasteiger partial charge in [0.1, 0.15) is 4.90 Å². The van der Waals surface area contributed by atoms with Crippen molar-refractivity contribution in [3.8, 4) is 0 Å². The minimum atomic E-state index is -3.64. The fourth-order valence-corrected chi connectivity index (χ4v) is 3.21. The zero-order chi connectivity index (χ0) is 13.2. The van der Waals surface area contributed by atoms with Gasteiger partial charge in [-0.2, -0.15) is 0 Å². The molecule has 4 nitrogen and oxygen atoms in total. The highest BCUT2D eigenvalue weighted by atomic mass is 127. The molecule has 0 atom stereocenters. The number of hydrogen-bond acceptors (Lipinski definition) is 3. The number of rotatable bonds is 3. The van der Waals surface area contributed by atoms with Crippen LogP contribution in [0, 0.1) is 3.57 Å². The molecule has 0 amide bonds. The van der Waals surface area contributed by atoms with Crippen LogP contribution in [0.1, 0.15) is 0 Å². The second-order valence-corrected chi connectivity index (χ2v) is 6.55. The van der Waals surface area contributed by atoms with Gasteiger partial charge in [-0.15, -0.1) is 0 Å². The third-order valence-electron chi connectivity index (χ3n) is 2.29. The molecule has 0 saturated carbocycles. The first-order valence-corrected chi connectivity index (χ1v) is 7.68. The van der Waals surface area contributed by atoms with Gasteiger partial charge in [0.2, 0.25) is 0 Å². The van der Waals surface area contributed by atoms with Crippen molar-refractivity contribution in [3.05, 3.63) is 52.1 Å². The highest BCUT2D eigenvalue weighted by Gasteiger charge is 2.16. The van der Waals surface area contributed by atoms with Gasteiger partial charge in [-0.3, -0.25) is 4.72 Å². The van der Waals surface area contributed by atoms with Crippen LogP contribution in [0.15, 0.2) is 53.4 Å². The fraction of sp³-hybridized carbons (Fsp3) is 0. The second-order valence-electron chi connectivity index (χ2n) is 3.65. The summed E-state index contributed by atoms with van der Waals surface area (Å²) in [5, 5.41) is 0. The summed E-state index contributed by atoms with van der Waals surface area (Å²) in [6, 6.07) is 13.5. The highest BCUT2D eigenvalue weighted by Crippen LogP contribution is 2.21. The summed E-state index contributed by atoms with van der Waals surface area (Å²) in [5.41, 5.74) is 6.42. The molecular formula is C12H11IN2O2S. The van der Waals surface area contributed by atoms with E-state index < -0.39 is 10.0 Å². The van der Waals surface area contributed by atoms with Crippen molar-refractivity contribution in [2.24, 2.45) is 0 Å². The predicted molar refractivity (Wildman–Crippen MR) is 80.8 cm³/mol. The minimum Gasteiger partial charge on any atom is -0.398 e. The molecule has 18 heavy (non-hydrogen) atoms. The number of nitrogens with two attached hydrogens (primary N) is 1. The Kier molecular flexibility index (Phi) is 3.76. The molecular weight excluding hydrogens is 363 g/mol. The molecule has 0 radical (unpaired) electrons. The summed E-state index contributed by atoms with van der Waals surface area (Å²) in [4.78, 5) is 0.0869. The maximum Gasteiger partial charge on any atom is 0.263 e. The minimum absolute atomic E-state index is 0.0869. The van der Waals surface area contributed by atoms with Crippen molar-refractivity contribution in [3.63, 3.8) is 0 Å². The summed E-state index contributed by atoms with van der Waals surface area (Å²) in [7, 11) is -3.64. The van der Waals surface area contributed by atoms with E-state index >= 15 is 0 Å². The van der Waals surface area contributed by atoms with Gasteiger partial charge >= 0.3 is 0 Å². The molecule has 2 aromatic rings. The summed E-state index contributed by atoms with van der Waals surface area (Å²) in [6.45, 7) is 0. The van der Waals surface area contributed by atoms with E-state index in [2.05, 4.69) is 27.3 Å². The molecule has 94 valence electrons.